The van der Waals surface area contributed by atoms with Crippen LogP contribution in [0, 0.1) is 10.1 Å². The van der Waals surface area contributed by atoms with Gasteiger partial charge in [0.25, 0.3) is 11.6 Å². The van der Waals surface area contributed by atoms with Gasteiger partial charge < -0.3 is 5.32 Å². The van der Waals surface area contributed by atoms with Crippen LogP contribution in [0.15, 0.2) is 71.2 Å². The Hall–Kier alpha value is -3.30. The quantitative estimate of drug-likeness (QED) is 0.311. The Morgan fingerprint density at radius 1 is 1.20 bits per heavy atom. The van der Waals surface area contributed by atoms with Gasteiger partial charge in [0.05, 0.1) is 9.83 Å². The Labute approximate surface area is 182 Å². The molecule has 3 rings (SSSR count). The van der Waals surface area contributed by atoms with E-state index in [0.717, 1.165) is 22.9 Å². The van der Waals surface area contributed by atoms with Gasteiger partial charge in [-0.15, -0.1) is 0 Å². The van der Waals surface area contributed by atoms with Gasteiger partial charge in [-0.3, -0.25) is 24.6 Å². The average Bonchev–Trinajstić information content (AvgIpc) is 2.96. The predicted octanol–water partition coefficient (Wildman–Crippen LogP) is 4.38. The van der Waals surface area contributed by atoms with E-state index in [9.17, 15) is 19.7 Å². The van der Waals surface area contributed by atoms with E-state index in [2.05, 4.69) is 5.32 Å². The Morgan fingerprint density at radius 3 is 2.57 bits per heavy atom. The Balaban J connectivity index is 1.70. The number of nitro benzene ring substituents is 1. The number of nitro groups is 1. The number of carbonyl (C=O) groups is 2. The van der Waals surface area contributed by atoms with E-state index in [0.29, 0.717) is 4.91 Å². The Bertz CT molecular complexity index is 1080. The Morgan fingerprint density at radius 2 is 1.87 bits per heavy atom. The molecule has 2 aromatic rings. The van der Waals surface area contributed by atoms with Crippen molar-refractivity contribution < 1.29 is 14.5 Å². The van der Waals surface area contributed by atoms with E-state index in [-0.39, 0.29) is 28.1 Å². The maximum absolute atomic E-state index is 12.7. The van der Waals surface area contributed by atoms with E-state index in [1.165, 1.54) is 23.1 Å². The highest BCUT2D eigenvalue weighted by Crippen LogP contribution is 2.32. The van der Waals surface area contributed by atoms with Crippen LogP contribution in [0.4, 0.5) is 11.4 Å². The van der Waals surface area contributed by atoms with Crippen molar-refractivity contribution in [3.8, 4) is 0 Å². The van der Waals surface area contributed by atoms with Crippen LogP contribution in [-0.4, -0.2) is 32.5 Å². The number of nitrogens with zero attached hydrogens (tertiary/aromatic N) is 2. The maximum atomic E-state index is 12.7. The van der Waals surface area contributed by atoms with E-state index >= 15 is 0 Å². The molecule has 0 aromatic heterocycles. The molecule has 1 aliphatic rings. The predicted molar refractivity (Wildman–Crippen MR) is 122 cm³/mol. The van der Waals surface area contributed by atoms with Crippen molar-refractivity contribution in [2.45, 2.75) is 6.92 Å². The van der Waals surface area contributed by atoms with Gasteiger partial charge in [0, 0.05) is 6.07 Å². The number of allylic oxidation sites excluding steroid dienone is 2. The van der Waals surface area contributed by atoms with E-state index in [4.69, 9.17) is 12.2 Å². The second-order valence-corrected chi connectivity index (χ2v) is 8.07. The first kappa shape index (κ1) is 21.4. The average molecular weight is 440 g/mol. The number of para-hydroxylation sites is 2. The summed E-state index contributed by atoms with van der Waals surface area (Å²) in [5.41, 5.74) is 1.71. The van der Waals surface area contributed by atoms with Crippen molar-refractivity contribution >= 4 is 57.6 Å². The zero-order valence-corrected chi connectivity index (χ0v) is 17.5. The fourth-order valence-electron chi connectivity index (χ4n) is 2.77. The van der Waals surface area contributed by atoms with Crippen LogP contribution in [0.25, 0.3) is 6.08 Å². The molecule has 0 radical (unpaired) electrons. The zero-order valence-electron chi connectivity index (χ0n) is 15.9. The molecule has 30 heavy (non-hydrogen) atoms. The van der Waals surface area contributed by atoms with Crippen molar-refractivity contribution in [3.63, 3.8) is 0 Å². The van der Waals surface area contributed by atoms with Crippen molar-refractivity contribution in [1.29, 1.82) is 0 Å². The molecule has 0 bridgehead atoms. The molecule has 0 spiro atoms. The second kappa shape index (κ2) is 9.47. The molecular weight excluding hydrogens is 422 g/mol. The summed E-state index contributed by atoms with van der Waals surface area (Å²) in [6.45, 7) is 1.55. The summed E-state index contributed by atoms with van der Waals surface area (Å²) in [5, 5.41) is 13.6. The maximum Gasteiger partial charge on any atom is 0.292 e. The third-order valence-electron chi connectivity index (χ3n) is 4.10. The number of benzene rings is 2. The molecule has 1 heterocycles. The topological polar surface area (TPSA) is 92.6 Å². The molecule has 1 saturated heterocycles. The molecule has 152 valence electrons. The van der Waals surface area contributed by atoms with E-state index in [1.54, 1.807) is 12.1 Å². The largest absolute Gasteiger partial charge is 0.319 e. The number of thioether (sulfide) groups is 1. The van der Waals surface area contributed by atoms with Gasteiger partial charge in [-0.2, -0.15) is 0 Å². The number of nitrogens with one attached hydrogen (secondary N) is 1. The lowest BCUT2D eigenvalue weighted by molar-refractivity contribution is -0.383. The minimum Gasteiger partial charge on any atom is -0.319 e. The van der Waals surface area contributed by atoms with Crippen LogP contribution >= 0.6 is 24.0 Å². The fourth-order valence-corrected chi connectivity index (χ4v) is 4.07. The van der Waals surface area contributed by atoms with Crippen LogP contribution in [-0.2, 0) is 9.59 Å². The lowest BCUT2D eigenvalue weighted by Crippen LogP contribution is -2.36. The summed E-state index contributed by atoms with van der Waals surface area (Å²) in [6.07, 6.45) is 3.67. The summed E-state index contributed by atoms with van der Waals surface area (Å²) >= 11 is 6.36. The molecule has 0 atom stereocenters. The number of anilines is 1. The fraction of sp³-hybridized carbons (Fsp3) is 0.0952. The molecule has 7 nitrogen and oxygen atoms in total. The smallest absolute Gasteiger partial charge is 0.292 e. The number of thiocarbonyl (C=S) groups is 1. The van der Waals surface area contributed by atoms with Crippen LogP contribution < -0.4 is 5.32 Å². The summed E-state index contributed by atoms with van der Waals surface area (Å²) in [5.74, 6) is -0.943. The van der Waals surface area contributed by atoms with Crippen molar-refractivity contribution in [3.05, 3.63) is 86.8 Å². The van der Waals surface area contributed by atoms with Crippen molar-refractivity contribution in [1.82, 2.24) is 4.90 Å². The standard InChI is InChI=1S/C21H17N3O4S2/c1-14(11-15-7-3-2-4-8-15)12-18-20(26)23(21(29)30-18)13-19(25)22-16-9-5-6-10-17(16)24(27)28/h2-12H,13H2,1H3,(H,22,25). The first-order chi connectivity index (χ1) is 14.3. The molecule has 9 heteroatoms. The van der Waals surface area contributed by atoms with Crippen LogP contribution in [0.2, 0.25) is 0 Å². The summed E-state index contributed by atoms with van der Waals surface area (Å²) in [6, 6.07) is 15.5. The zero-order chi connectivity index (χ0) is 21.7. The van der Waals surface area contributed by atoms with Crippen LogP contribution in [0.5, 0.6) is 0 Å². The monoisotopic (exact) mass is 439 g/mol. The summed E-state index contributed by atoms with van der Waals surface area (Å²) in [7, 11) is 0. The highest BCUT2D eigenvalue weighted by Gasteiger charge is 2.33. The minimum absolute atomic E-state index is 0.0649. The lowest BCUT2D eigenvalue weighted by Gasteiger charge is -2.14. The lowest BCUT2D eigenvalue weighted by atomic mass is 10.1. The molecule has 1 aliphatic heterocycles. The molecule has 0 saturated carbocycles. The Kier molecular flexibility index (Phi) is 6.76. The van der Waals surface area contributed by atoms with Crippen LogP contribution in [0.1, 0.15) is 12.5 Å². The number of hydrogen-bond donors (Lipinski definition) is 1. The van der Waals surface area contributed by atoms with Gasteiger partial charge in [0.2, 0.25) is 5.91 Å². The number of carbonyl (C=O) groups excluding carboxylic acids is 2. The van der Waals surface area contributed by atoms with Crippen molar-refractivity contribution in [2.24, 2.45) is 0 Å². The van der Waals surface area contributed by atoms with Gasteiger partial charge in [0.1, 0.15) is 16.6 Å². The third kappa shape index (κ3) is 5.19. The first-order valence-electron chi connectivity index (χ1n) is 8.87. The number of hydrogen-bond acceptors (Lipinski definition) is 6. The minimum atomic E-state index is -0.584. The normalized spacial score (nSPS) is 15.6. The van der Waals surface area contributed by atoms with Gasteiger partial charge in [-0.25, -0.2) is 0 Å². The highest BCUT2D eigenvalue weighted by molar-refractivity contribution is 8.26. The molecule has 2 aromatic carbocycles. The third-order valence-corrected chi connectivity index (χ3v) is 5.48. The van der Waals surface area contributed by atoms with Crippen LogP contribution in [0.3, 0.4) is 0 Å². The van der Waals surface area contributed by atoms with Gasteiger partial charge in [-0.1, -0.05) is 72.5 Å². The van der Waals surface area contributed by atoms with Gasteiger partial charge in [-0.05, 0) is 30.2 Å². The molecular formula is C21H17N3O4S2. The van der Waals surface area contributed by atoms with Crippen molar-refractivity contribution in [2.75, 3.05) is 11.9 Å². The van der Waals surface area contributed by atoms with E-state index in [1.807, 2.05) is 43.3 Å². The van der Waals surface area contributed by atoms with Gasteiger partial charge in [0.15, 0.2) is 0 Å². The summed E-state index contributed by atoms with van der Waals surface area (Å²) in [4.78, 5) is 37.2. The molecule has 0 unspecified atom stereocenters. The molecule has 1 fully saturated rings. The summed E-state index contributed by atoms with van der Waals surface area (Å²) < 4.78 is 0.261. The number of rotatable bonds is 6. The SMILES string of the molecule is CC(=Cc1ccccc1)C=C1SC(=S)N(CC(=O)Nc2ccccc2[N+](=O)[O-])C1=O. The first-order valence-corrected chi connectivity index (χ1v) is 10.1. The molecule has 0 aliphatic carbocycles. The highest BCUT2D eigenvalue weighted by atomic mass is 32.2. The molecule has 2 amide bonds. The number of amides is 2. The van der Waals surface area contributed by atoms with Gasteiger partial charge >= 0.3 is 0 Å². The second-order valence-electron chi connectivity index (χ2n) is 6.39. The molecule has 1 N–H and O–H groups in total. The van der Waals surface area contributed by atoms with E-state index < -0.39 is 10.8 Å².